The van der Waals surface area contributed by atoms with Crippen LogP contribution < -0.4 is 5.32 Å². The molecule has 0 saturated carbocycles. The summed E-state index contributed by atoms with van der Waals surface area (Å²) < 4.78 is 4.99. The molecular weight excluding hydrogens is 264 g/mol. The zero-order chi connectivity index (χ0) is 15.3. The number of nitrogens with zero attached hydrogens (tertiary/aromatic N) is 1. The molecule has 0 fully saturated rings. The minimum absolute atomic E-state index is 0.0710. The highest BCUT2D eigenvalue weighted by molar-refractivity contribution is 5.92. The first-order valence-electron chi connectivity index (χ1n) is 6.10. The summed E-state index contributed by atoms with van der Waals surface area (Å²) >= 11 is 0. The van der Waals surface area contributed by atoms with Crippen molar-refractivity contribution in [3.05, 3.63) is 39.4 Å². The Kier molecular flexibility index (Phi) is 5.19. The largest absolute Gasteiger partial charge is 0.449 e. The lowest BCUT2D eigenvalue weighted by Crippen LogP contribution is -2.35. The third kappa shape index (κ3) is 3.78. The second-order valence-electron chi connectivity index (χ2n) is 4.20. The molecule has 1 aromatic rings. The fourth-order valence-corrected chi connectivity index (χ4v) is 1.59. The number of esters is 1. The molecule has 0 bridgehead atoms. The van der Waals surface area contributed by atoms with Gasteiger partial charge in [0, 0.05) is 18.2 Å². The Bertz CT molecular complexity index is 542. The predicted molar refractivity (Wildman–Crippen MR) is 71.4 cm³/mol. The maximum absolute atomic E-state index is 11.8. The van der Waals surface area contributed by atoms with Crippen LogP contribution >= 0.6 is 0 Å². The number of hydrogen-bond donors (Lipinski definition) is 1. The van der Waals surface area contributed by atoms with Gasteiger partial charge in [-0.05, 0) is 32.9 Å². The molecule has 1 atom stereocenters. The summed E-state index contributed by atoms with van der Waals surface area (Å²) in [6, 6.07) is 3.91. The number of benzene rings is 1. The lowest BCUT2D eigenvalue weighted by molar-refractivity contribution is -0.385. The fourth-order valence-electron chi connectivity index (χ4n) is 1.59. The SMILES string of the molecule is CCNC(=O)[C@@H](C)OC(=O)c1ccc([N+](=O)[O-])c(C)c1. The van der Waals surface area contributed by atoms with E-state index in [1.54, 1.807) is 6.92 Å². The van der Waals surface area contributed by atoms with E-state index in [9.17, 15) is 19.7 Å². The summed E-state index contributed by atoms with van der Waals surface area (Å²) in [6.07, 6.45) is -0.919. The Morgan fingerprint density at radius 1 is 1.45 bits per heavy atom. The monoisotopic (exact) mass is 280 g/mol. The number of nitrogens with one attached hydrogen (secondary N) is 1. The fraction of sp³-hybridized carbons (Fsp3) is 0.385. The maximum atomic E-state index is 11.8. The van der Waals surface area contributed by atoms with E-state index in [0.29, 0.717) is 12.1 Å². The second-order valence-corrected chi connectivity index (χ2v) is 4.20. The minimum Gasteiger partial charge on any atom is -0.449 e. The molecule has 0 radical (unpaired) electrons. The number of hydrogen-bond acceptors (Lipinski definition) is 5. The topological polar surface area (TPSA) is 98.5 Å². The van der Waals surface area contributed by atoms with Gasteiger partial charge in [0.05, 0.1) is 10.5 Å². The van der Waals surface area contributed by atoms with Gasteiger partial charge in [-0.1, -0.05) is 0 Å². The zero-order valence-corrected chi connectivity index (χ0v) is 11.5. The molecule has 0 unspecified atom stereocenters. The highest BCUT2D eigenvalue weighted by Gasteiger charge is 2.20. The average Bonchev–Trinajstić information content (AvgIpc) is 2.38. The molecule has 0 aliphatic rings. The molecule has 0 aliphatic heterocycles. The first-order chi connectivity index (χ1) is 9.36. The molecule has 0 aromatic heterocycles. The Balaban J connectivity index is 2.81. The number of ether oxygens (including phenoxy) is 1. The van der Waals surface area contributed by atoms with Crippen molar-refractivity contribution in [1.82, 2.24) is 5.32 Å². The lowest BCUT2D eigenvalue weighted by atomic mass is 10.1. The number of likely N-dealkylation sites (N-methyl/N-ethyl adjacent to an activating group) is 1. The summed E-state index contributed by atoms with van der Waals surface area (Å²) in [7, 11) is 0. The van der Waals surface area contributed by atoms with Crippen LogP contribution in [0.1, 0.15) is 29.8 Å². The van der Waals surface area contributed by atoms with Crippen LogP contribution in [0.25, 0.3) is 0 Å². The second kappa shape index (κ2) is 6.65. The molecule has 7 nitrogen and oxygen atoms in total. The first kappa shape index (κ1) is 15.6. The van der Waals surface area contributed by atoms with E-state index in [4.69, 9.17) is 4.74 Å². The summed E-state index contributed by atoms with van der Waals surface area (Å²) in [5, 5.41) is 13.2. The molecule has 1 rings (SSSR count). The third-order valence-electron chi connectivity index (χ3n) is 2.63. The molecule has 1 aromatic carbocycles. The summed E-state index contributed by atoms with van der Waals surface area (Å²) in [6.45, 7) is 5.19. The molecule has 1 amide bonds. The Labute approximate surface area is 116 Å². The van der Waals surface area contributed by atoms with Crippen LogP contribution in [-0.2, 0) is 9.53 Å². The van der Waals surface area contributed by atoms with Gasteiger partial charge in [0.1, 0.15) is 0 Å². The zero-order valence-electron chi connectivity index (χ0n) is 11.5. The Morgan fingerprint density at radius 3 is 2.60 bits per heavy atom. The highest BCUT2D eigenvalue weighted by Crippen LogP contribution is 2.19. The van der Waals surface area contributed by atoms with E-state index in [1.807, 2.05) is 0 Å². The van der Waals surface area contributed by atoms with Crippen LogP contribution in [-0.4, -0.2) is 29.4 Å². The van der Waals surface area contributed by atoms with Gasteiger partial charge in [0.2, 0.25) is 0 Å². The van der Waals surface area contributed by atoms with Crippen LogP contribution in [0.2, 0.25) is 0 Å². The predicted octanol–water partition coefficient (Wildman–Crippen LogP) is 1.58. The molecule has 0 aliphatic carbocycles. The van der Waals surface area contributed by atoms with Gasteiger partial charge in [-0.25, -0.2) is 4.79 Å². The lowest BCUT2D eigenvalue weighted by Gasteiger charge is -2.12. The number of carbonyl (C=O) groups excluding carboxylic acids is 2. The van der Waals surface area contributed by atoms with Crippen molar-refractivity contribution in [2.75, 3.05) is 6.54 Å². The molecule has 0 heterocycles. The summed E-state index contributed by atoms with van der Waals surface area (Å²) in [4.78, 5) is 33.4. The number of carbonyl (C=O) groups is 2. The van der Waals surface area contributed by atoms with Gasteiger partial charge in [0.15, 0.2) is 6.10 Å². The number of nitro benzene ring substituents is 1. The highest BCUT2D eigenvalue weighted by atomic mass is 16.6. The normalized spacial score (nSPS) is 11.6. The van der Waals surface area contributed by atoms with E-state index in [1.165, 1.54) is 32.0 Å². The number of rotatable bonds is 5. The van der Waals surface area contributed by atoms with Crippen molar-refractivity contribution in [3.63, 3.8) is 0 Å². The van der Waals surface area contributed by atoms with E-state index in [0.717, 1.165) is 0 Å². The first-order valence-corrected chi connectivity index (χ1v) is 6.10. The smallest absolute Gasteiger partial charge is 0.338 e. The van der Waals surface area contributed by atoms with Crippen molar-refractivity contribution >= 4 is 17.6 Å². The van der Waals surface area contributed by atoms with Crippen molar-refractivity contribution < 1.29 is 19.2 Å². The average molecular weight is 280 g/mol. The van der Waals surface area contributed by atoms with Gasteiger partial charge < -0.3 is 10.1 Å². The van der Waals surface area contributed by atoms with Crippen LogP contribution in [0.15, 0.2) is 18.2 Å². The van der Waals surface area contributed by atoms with Gasteiger partial charge >= 0.3 is 5.97 Å². The van der Waals surface area contributed by atoms with Crippen molar-refractivity contribution in [3.8, 4) is 0 Å². The Hall–Kier alpha value is -2.44. The summed E-state index contributed by atoms with van der Waals surface area (Å²) in [5.41, 5.74) is 0.456. The Morgan fingerprint density at radius 2 is 2.10 bits per heavy atom. The molecule has 0 spiro atoms. The van der Waals surface area contributed by atoms with E-state index >= 15 is 0 Å². The standard InChI is InChI=1S/C13H16N2O5/c1-4-14-12(16)9(3)20-13(17)10-5-6-11(15(18)19)8(2)7-10/h5-7,9H,4H2,1-3H3,(H,14,16)/t9-/m1/s1. The maximum Gasteiger partial charge on any atom is 0.338 e. The van der Waals surface area contributed by atoms with E-state index in [-0.39, 0.29) is 17.2 Å². The quantitative estimate of drug-likeness (QED) is 0.501. The van der Waals surface area contributed by atoms with E-state index in [2.05, 4.69) is 5.32 Å². The van der Waals surface area contributed by atoms with Crippen LogP contribution in [0.3, 0.4) is 0 Å². The van der Waals surface area contributed by atoms with Gasteiger partial charge in [-0.3, -0.25) is 14.9 Å². The molecule has 108 valence electrons. The minimum atomic E-state index is -0.919. The van der Waals surface area contributed by atoms with Crippen molar-refractivity contribution in [1.29, 1.82) is 0 Å². The van der Waals surface area contributed by atoms with Gasteiger partial charge in [-0.2, -0.15) is 0 Å². The van der Waals surface area contributed by atoms with Gasteiger partial charge in [0.25, 0.3) is 11.6 Å². The van der Waals surface area contributed by atoms with Crippen LogP contribution in [0.4, 0.5) is 5.69 Å². The van der Waals surface area contributed by atoms with E-state index < -0.39 is 17.0 Å². The molecule has 0 saturated heterocycles. The third-order valence-corrected chi connectivity index (χ3v) is 2.63. The number of aryl methyl sites for hydroxylation is 1. The molecule has 1 N–H and O–H groups in total. The van der Waals surface area contributed by atoms with Crippen molar-refractivity contribution in [2.24, 2.45) is 0 Å². The number of nitro groups is 1. The number of amides is 1. The van der Waals surface area contributed by atoms with Crippen LogP contribution in [0, 0.1) is 17.0 Å². The molecular formula is C13H16N2O5. The van der Waals surface area contributed by atoms with Crippen LogP contribution in [0.5, 0.6) is 0 Å². The molecule has 7 heteroatoms. The van der Waals surface area contributed by atoms with Gasteiger partial charge in [-0.15, -0.1) is 0 Å². The van der Waals surface area contributed by atoms with Crippen molar-refractivity contribution in [2.45, 2.75) is 26.9 Å². The molecule has 20 heavy (non-hydrogen) atoms. The summed E-state index contributed by atoms with van der Waals surface area (Å²) in [5.74, 6) is -1.08.